The second kappa shape index (κ2) is 4.35. The summed E-state index contributed by atoms with van der Waals surface area (Å²) in [5, 5.41) is 9.66. The first kappa shape index (κ1) is 10.7. The van der Waals surface area contributed by atoms with Crippen molar-refractivity contribution in [3.63, 3.8) is 0 Å². The second-order valence-electron chi connectivity index (χ2n) is 2.92. The molecule has 1 aromatic carbocycles. The number of nitrogens with zero attached hydrogens (tertiary/aromatic N) is 1. The summed E-state index contributed by atoms with van der Waals surface area (Å²) in [6.07, 6.45) is 1.31. The van der Waals surface area contributed by atoms with Crippen molar-refractivity contribution in [1.29, 1.82) is 0 Å². The fraction of sp³-hybridized carbons (Fsp3) is 0.100. The van der Waals surface area contributed by atoms with E-state index in [1.165, 1.54) is 6.39 Å². The zero-order valence-corrected chi connectivity index (χ0v) is 9.92. The summed E-state index contributed by atoms with van der Waals surface area (Å²) in [5.74, 6) is 0.565. The van der Waals surface area contributed by atoms with E-state index in [4.69, 9.17) is 21.1 Å². The zero-order valence-electron chi connectivity index (χ0n) is 7.58. The Kier molecular flexibility index (Phi) is 3.09. The maximum absolute atomic E-state index is 9.03. The van der Waals surface area contributed by atoms with Crippen LogP contribution < -0.4 is 0 Å². The van der Waals surface area contributed by atoms with Crippen molar-refractivity contribution in [1.82, 2.24) is 4.98 Å². The van der Waals surface area contributed by atoms with Gasteiger partial charge in [0.25, 0.3) is 0 Å². The smallest absolute Gasteiger partial charge is 0.181 e. The molecule has 1 aromatic heterocycles. The van der Waals surface area contributed by atoms with E-state index >= 15 is 0 Å². The molecule has 0 bridgehead atoms. The Bertz CT molecular complexity index is 484. The van der Waals surface area contributed by atoms with Crippen molar-refractivity contribution in [2.24, 2.45) is 0 Å². The summed E-state index contributed by atoms with van der Waals surface area (Å²) in [7, 11) is 0. The van der Waals surface area contributed by atoms with Crippen LogP contribution in [0.3, 0.4) is 0 Å². The molecule has 2 rings (SSSR count). The molecule has 0 saturated heterocycles. The molecule has 0 amide bonds. The van der Waals surface area contributed by atoms with Gasteiger partial charge in [0.1, 0.15) is 5.69 Å². The van der Waals surface area contributed by atoms with Crippen molar-refractivity contribution < 1.29 is 9.52 Å². The predicted molar refractivity (Wildman–Crippen MR) is 60.6 cm³/mol. The molecule has 0 atom stereocenters. The molecule has 0 spiro atoms. The van der Waals surface area contributed by atoms with Gasteiger partial charge >= 0.3 is 0 Å². The van der Waals surface area contributed by atoms with Crippen LogP contribution in [0.1, 0.15) is 5.69 Å². The van der Waals surface area contributed by atoms with Gasteiger partial charge in [-0.15, -0.1) is 0 Å². The van der Waals surface area contributed by atoms with Crippen molar-refractivity contribution in [3.8, 4) is 11.3 Å². The zero-order chi connectivity index (χ0) is 10.8. The summed E-state index contributed by atoms with van der Waals surface area (Å²) in [6.45, 7) is -0.147. The normalized spacial score (nSPS) is 10.6. The molecule has 78 valence electrons. The summed E-state index contributed by atoms with van der Waals surface area (Å²) in [6, 6.07) is 5.39. The van der Waals surface area contributed by atoms with Gasteiger partial charge in [-0.3, -0.25) is 0 Å². The molecule has 0 fully saturated rings. The minimum Gasteiger partial charge on any atom is -0.443 e. The number of hydrogen-bond acceptors (Lipinski definition) is 3. The van der Waals surface area contributed by atoms with Gasteiger partial charge in [-0.05, 0) is 34.1 Å². The lowest BCUT2D eigenvalue weighted by atomic mass is 10.1. The van der Waals surface area contributed by atoms with Crippen LogP contribution in [-0.4, -0.2) is 10.1 Å². The standard InChI is InChI=1S/C10H7BrClNO2/c11-7-3-6(1-2-8(7)12)10-9(4-14)13-5-15-10/h1-3,5,14H,4H2. The number of hydrogen-bond donors (Lipinski definition) is 1. The van der Waals surface area contributed by atoms with Gasteiger partial charge in [0, 0.05) is 10.0 Å². The lowest BCUT2D eigenvalue weighted by Crippen LogP contribution is -1.86. The number of aromatic nitrogens is 1. The van der Waals surface area contributed by atoms with Crippen LogP contribution in [0.5, 0.6) is 0 Å². The van der Waals surface area contributed by atoms with Crippen LogP contribution in [0.4, 0.5) is 0 Å². The summed E-state index contributed by atoms with van der Waals surface area (Å²) in [5.41, 5.74) is 1.34. The number of rotatable bonds is 2. The molecule has 5 heteroatoms. The summed E-state index contributed by atoms with van der Waals surface area (Å²) in [4.78, 5) is 3.90. The van der Waals surface area contributed by atoms with Gasteiger partial charge in [0.05, 0.1) is 11.6 Å². The average molecular weight is 289 g/mol. The first-order chi connectivity index (χ1) is 7.22. The highest BCUT2D eigenvalue weighted by Gasteiger charge is 2.10. The van der Waals surface area contributed by atoms with Crippen molar-refractivity contribution in [2.75, 3.05) is 0 Å². The Labute approximate surface area is 99.8 Å². The van der Waals surface area contributed by atoms with E-state index in [0.29, 0.717) is 16.5 Å². The lowest BCUT2D eigenvalue weighted by Gasteiger charge is -2.01. The van der Waals surface area contributed by atoms with Crippen LogP contribution in [0.25, 0.3) is 11.3 Å². The minimum absolute atomic E-state index is 0.147. The highest BCUT2D eigenvalue weighted by molar-refractivity contribution is 9.10. The summed E-state index contributed by atoms with van der Waals surface area (Å²) >= 11 is 9.19. The third-order valence-electron chi connectivity index (χ3n) is 1.97. The monoisotopic (exact) mass is 287 g/mol. The van der Waals surface area contributed by atoms with E-state index in [0.717, 1.165) is 10.0 Å². The fourth-order valence-corrected chi connectivity index (χ4v) is 1.75. The van der Waals surface area contributed by atoms with Crippen LogP contribution in [0.2, 0.25) is 5.02 Å². The molecule has 0 radical (unpaired) electrons. The molecule has 0 aliphatic rings. The first-order valence-electron chi connectivity index (χ1n) is 4.21. The number of aliphatic hydroxyl groups excluding tert-OH is 1. The van der Waals surface area contributed by atoms with Gasteiger partial charge in [0.2, 0.25) is 0 Å². The number of aliphatic hydroxyl groups is 1. The third-order valence-corrected chi connectivity index (χ3v) is 3.19. The van der Waals surface area contributed by atoms with Gasteiger partial charge in [0.15, 0.2) is 12.2 Å². The Hall–Kier alpha value is -0.840. The Morgan fingerprint density at radius 3 is 2.93 bits per heavy atom. The van der Waals surface area contributed by atoms with Crippen molar-refractivity contribution >= 4 is 27.5 Å². The van der Waals surface area contributed by atoms with E-state index in [2.05, 4.69) is 20.9 Å². The molecule has 3 nitrogen and oxygen atoms in total. The first-order valence-corrected chi connectivity index (χ1v) is 5.38. The molecule has 0 aliphatic heterocycles. The highest BCUT2D eigenvalue weighted by Crippen LogP contribution is 2.30. The maximum atomic E-state index is 9.03. The summed E-state index contributed by atoms with van der Waals surface area (Å²) < 4.78 is 5.98. The molecule has 15 heavy (non-hydrogen) atoms. The number of benzene rings is 1. The highest BCUT2D eigenvalue weighted by atomic mass is 79.9. The van der Waals surface area contributed by atoms with E-state index in [1.54, 1.807) is 6.07 Å². The molecule has 2 aromatic rings. The molecule has 0 aliphatic carbocycles. The van der Waals surface area contributed by atoms with Crippen LogP contribution in [0, 0.1) is 0 Å². The molecular weight excluding hydrogens is 281 g/mol. The Morgan fingerprint density at radius 2 is 2.27 bits per heavy atom. The SMILES string of the molecule is OCc1ncoc1-c1ccc(Cl)c(Br)c1. The quantitative estimate of drug-likeness (QED) is 0.922. The van der Waals surface area contributed by atoms with Gasteiger partial charge in [-0.2, -0.15) is 0 Å². The Balaban J connectivity index is 2.50. The van der Waals surface area contributed by atoms with Crippen molar-refractivity contribution in [2.45, 2.75) is 6.61 Å². The van der Waals surface area contributed by atoms with Crippen LogP contribution in [-0.2, 0) is 6.61 Å². The van der Waals surface area contributed by atoms with Gasteiger partial charge in [-0.25, -0.2) is 4.98 Å². The molecule has 0 unspecified atom stereocenters. The van der Waals surface area contributed by atoms with E-state index in [1.807, 2.05) is 12.1 Å². The largest absolute Gasteiger partial charge is 0.443 e. The maximum Gasteiger partial charge on any atom is 0.181 e. The van der Waals surface area contributed by atoms with Crippen LogP contribution >= 0.6 is 27.5 Å². The number of oxazole rings is 1. The minimum atomic E-state index is -0.147. The topological polar surface area (TPSA) is 46.3 Å². The predicted octanol–water partition coefficient (Wildman–Crippen LogP) is 3.25. The van der Waals surface area contributed by atoms with E-state index < -0.39 is 0 Å². The van der Waals surface area contributed by atoms with Crippen LogP contribution in [0.15, 0.2) is 33.5 Å². The van der Waals surface area contributed by atoms with E-state index in [9.17, 15) is 0 Å². The van der Waals surface area contributed by atoms with Gasteiger partial charge < -0.3 is 9.52 Å². The lowest BCUT2D eigenvalue weighted by molar-refractivity contribution is 0.277. The fourth-order valence-electron chi connectivity index (χ4n) is 1.25. The molecule has 1 heterocycles. The van der Waals surface area contributed by atoms with Gasteiger partial charge in [-0.1, -0.05) is 11.6 Å². The Morgan fingerprint density at radius 1 is 1.47 bits per heavy atom. The molecule has 1 N–H and O–H groups in total. The third kappa shape index (κ3) is 2.07. The average Bonchev–Trinajstić information content (AvgIpc) is 2.70. The van der Waals surface area contributed by atoms with Crippen molar-refractivity contribution in [3.05, 3.63) is 39.8 Å². The van der Waals surface area contributed by atoms with E-state index in [-0.39, 0.29) is 6.61 Å². The second-order valence-corrected chi connectivity index (χ2v) is 4.18. The molecule has 0 saturated carbocycles. The molecular formula is C10H7BrClNO2. The number of halogens is 2.